The zero-order valence-corrected chi connectivity index (χ0v) is 9.87. The van der Waals surface area contributed by atoms with Crippen LogP contribution in [0, 0.1) is 0 Å². The Kier molecular flexibility index (Phi) is 3.18. The summed E-state index contributed by atoms with van der Waals surface area (Å²) in [6.45, 7) is 0. The zero-order valence-electron chi connectivity index (χ0n) is 9.87. The van der Waals surface area contributed by atoms with E-state index in [0.717, 1.165) is 11.3 Å². The SMILES string of the molecule is CN(C)C(=O)n1cc(Cc2ccccc2)nn1. The van der Waals surface area contributed by atoms with Crippen molar-refractivity contribution in [3.63, 3.8) is 0 Å². The third kappa shape index (κ3) is 2.69. The Bertz CT molecular complexity index is 504. The fourth-order valence-corrected chi connectivity index (χ4v) is 1.48. The average molecular weight is 230 g/mol. The third-order valence-electron chi connectivity index (χ3n) is 2.35. The second-order valence-corrected chi connectivity index (χ2v) is 3.99. The molecular formula is C12H14N4O. The van der Waals surface area contributed by atoms with E-state index >= 15 is 0 Å². The molecule has 0 radical (unpaired) electrons. The van der Waals surface area contributed by atoms with Crippen LogP contribution in [0.3, 0.4) is 0 Å². The highest BCUT2D eigenvalue weighted by Crippen LogP contribution is 2.06. The maximum absolute atomic E-state index is 11.6. The smallest absolute Gasteiger partial charge is 0.329 e. The van der Waals surface area contributed by atoms with Crippen molar-refractivity contribution in [2.24, 2.45) is 0 Å². The van der Waals surface area contributed by atoms with Crippen LogP contribution in [-0.2, 0) is 6.42 Å². The topological polar surface area (TPSA) is 51.0 Å². The molecule has 0 aliphatic heterocycles. The van der Waals surface area contributed by atoms with Crippen LogP contribution < -0.4 is 0 Å². The first-order valence-electron chi connectivity index (χ1n) is 5.33. The van der Waals surface area contributed by atoms with E-state index < -0.39 is 0 Å². The molecule has 0 N–H and O–H groups in total. The third-order valence-corrected chi connectivity index (χ3v) is 2.35. The quantitative estimate of drug-likeness (QED) is 0.783. The van der Waals surface area contributed by atoms with Gasteiger partial charge in [-0.05, 0) is 5.56 Å². The maximum Gasteiger partial charge on any atom is 0.345 e. The van der Waals surface area contributed by atoms with Crippen LogP contribution in [0.15, 0.2) is 36.5 Å². The standard InChI is InChI=1S/C12H14N4O/c1-15(2)12(17)16-9-11(13-14-16)8-10-6-4-3-5-7-10/h3-7,9H,8H2,1-2H3. The van der Waals surface area contributed by atoms with Crippen LogP contribution in [0.25, 0.3) is 0 Å². The molecule has 0 saturated carbocycles. The van der Waals surface area contributed by atoms with Gasteiger partial charge in [0.1, 0.15) is 0 Å². The minimum absolute atomic E-state index is 0.197. The molecule has 0 fully saturated rings. The van der Waals surface area contributed by atoms with Gasteiger partial charge in [-0.3, -0.25) is 0 Å². The molecule has 1 heterocycles. The highest BCUT2D eigenvalue weighted by Gasteiger charge is 2.10. The van der Waals surface area contributed by atoms with E-state index in [1.165, 1.54) is 9.58 Å². The Labute approximate surface area is 99.7 Å². The van der Waals surface area contributed by atoms with Crippen molar-refractivity contribution in [1.29, 1.82) is 0 Å². The number of aromatic nitrogens is 3. The largest absolute Gasteiger partial charge is 0.345 e. The van der Waals surface area contributed by atoms with Gasteiger partial charge in [0.25, 0.3) is 0 Å². The van der Waals surface area contributed by atoms with Gasteiger partial charge < -0.3 is 4.90 Å². The maximum atomic E-state index is 11.6. The molecule has 0 spiro atoms. The highest BCUT2D eigenvalue weighted by molar-refractivity contribution is 5.75. The molecule has 0 aliphatic rings. The molecule has 0 saturated heterocycles. The Morgan fingerprint density at radius 1 is 1.29 bits per heavy atom. The first-order chi connectivity index (χ1) is 8.16. The van der Waals surface area contributed by atoms with Gasteiger partial charge in [0, 0.05) is 20.5 Å². The van der Waals surface area contributed by atoms with Crippen molar-refractivity contribution in [2.45, 2.75) is 6.42 Å². The van der Waals surface area contributed by atoms with Gasteiger partial charge in [0.05, 0.1) is 11.9 Å². The summed E-state index contributed by atoms with van der Waals surface area (Å²) in [4.78, 5) is 13.1. The number of nitrogens with zero attached hydrogens (tertiary/aromatic N) is 4. The van der Waals surface area contributed by atoms with Gasteiger partial charge in [0.2, 0.25) is 0 Å². The lowest BCUT2D eigenvalue weighted by molar-refractivity contribution is 0.215. The fourth-order valence-electron chi connectivity index (χ4n) is 1.48. The molecule has 17 heavy (non-hydrogen) atoms. The zero-order chi connectivity index (χ0) is 12.3. The van der Waals surface area contributed by atoms with Crippen molar-refractivity contribution < 1.29 is 4.79 Å². The van der Waals surface area contributed by atoms with Gasteiger partial charge in [-0.2, -0.15) is 4.68 Å². The van der Waals surface area contributed by atoms with E-state index in [9.17, 15) is 4.79 Å². The summed E-state index contributed by atoms with van der Waals surface area (Å²) in [6, 6.07) is 9.77. The van der Waals surface area contributed by atoms with E-state index in [2.05, 4.69) is 10.3 Å². The second-order valence-electron chi connectivity index (χ2n) is 3.99. The molecule has 0 atom stereocenters. The first-order valence-corrected chi connectivity index (χ1v) is 5.33. The lowest BCUT2D eigenvalue weighted by Gasteiger charge is -2.07. The Hall–Kier alpha value is -2.17. The number of carbonyl (C=O) groups is 1. The molecule has 0 unspecified atom stereocenters. The van der Waals surface area contributed by atoms with Crippen LogP contribution in [-0.4, -0.2) is 40.0 Å². The number of amides is 1. The summed E-state index contributed by atoms with van der Waals surface area (Å²) < 4.78 is 1.25. The predicted molar refractivity (Wildman–Crippen MR) is 63.8 cm³/mol. The summed E-state index contributed by atoms with van der Waals surface area (Å²) >= 11 is 0. The van der Waals surface area contributed by atoms with Crippen molar-refractivity contribution in [2.75, 3.05) is 14.1 Å². The van der Waals surface area contributed by atoms with Crippen molar-refractivity contribution in [3.05, 3.63) is 47.8 Å². The molecule has 2 rings (SSSR count). The fraction of sp³-hybridized carbons (Fsp3) is 0.250. The van der Waals surface area contributed by atoms with Gasteiger partial charge in [0.15, 0.2) is 0 Å². The van der Waals surface area contributed by atoms with E-state index in [4.69, 9.17) is 0 Å². The van der Waals surface area contributed by atoms with Gasteiger partial charge in [-0.15, -0.1) is 5.10 Å². The number of benzene rings is 1. The molecule has 1 aromatic heterocycles. The Morgan fingerprint density at radius 2 is 2.00 bits per heavy atom. The highest BCUT2D eigenvalue weighted by atomic mass is 16.2. The van der Waals surface area contributed by atoms with Gasteiger partial charge >= 0.3 is 6.03 Å². The summed E-state index contributed by atoms with van der Waals surface area (Å²) in [6.07, 6.45) is 2.34. The van der Waals surface area contributed by atoms with E-state index in [-0.39, 0.29) is 6.03 Å². The molecule has 1 aromatic carbocycles. The van der Waals surface area contributed by atoms with Crippen molar-refractivity contribution in [3.8, 4) is 0 Å². The van der Waals surface area contributed by atoms with E-state index in [1.807, 2.05) is 30.3 Å². The lowest BCUT2D eigenvalue weighted by atomic mass is 10.1. The number of hydrogen-bond donors (Lipinski definition) is 0. The van der Waals surface area contributed by atoms with Crippen molar-refractivity contribution in [1.82, 2.24) is 19.9 Å². The van der Waals surface area contributed by atoms with Crippen LogP contribution in [0.4, 0.5) is 4.79 Å². The van der Waals surface area contributed by atoms with Gasteiger partial charge in [-0.1, -0.05) is 35.5 Å². The Morgan fingerprint density at radius 3 is 2.65 bits per heavy atom. The summed E-state index contributed by atoms with van der Waals surface area (Å²) in [7, 11) is 3.36. The summed E-state index contributed by atoms with van der Waals surface area (Å²) in [5.74, 6) is 0. The average Bonchev–Trinajstić information content (AvgIpc) is 2.77. The molecule has 5 heteroatoms. The molecule has 0 aliphatic carbocycles. The molecule has 88 valence electrons. The molecule has 1 amide bonds. The minimum Gasteiger partial charge on any atom is -0.329 e. The molecular weight excluding hydrogens is 216 g/mol. The Balaban J connectivity index is 2.12. The molecule has 0 bridgehead atoms. The molecule has 2 aromatic rings. The first kappa shape index (κ1) is 11.3. The lowest BCUT2D eigenvalue weighted by Crippen LogP contribution is -2.27. The van der Waals surface area contributed by atoms with E-state index in [1.54, 1.807) is 20.3 Å². The van der Waals surface area contributed by atoms with Crippen LogP contribution in [0.5, 0.6) is 0 Å². The summed E-state index contributed by atoms with van der Waals surface area (Å²) in [5.41, 5.74) is 1.93. The number of hydrogen-bond acceptors (Lipinski definition) is 3. The number of carbonyl (C=O) groups excluding carboxylic acids is 1. The number of rotatable bonds is 2. The van der Waals surface area contributed by atoms with Crippen LogP contribution in [0.2, 0.25) is 0 Å². The van der Waals surface area contributed by atoms with Crippen LogP contribution in [0.1, 0.15) is 11.3 Å². The predicted octanol–water partition coefficient (Wildman–Crippen LogP) is 1.40. The summed E-state index contributed by atoms with van der Waals surface area (Å²) in [5, 5.41) is 7.79. The minimum atomic E-state index is -0.197. The van der Waals surface area contributed by atoms with Crippen LogP contribution >= 0.6 is 0 Å². The van der Waals surface area contributed by atoms with Gasteiger partial charge in [-0.25, -0.2) is 4.79 Å². The normalized spacial score (nSPS) is 10.2. The second kappa shape index (κ2) is 4.78. The molecule has 5 nitrogen and oxygen atoms in total. The van der Waals surface area contributed by atoms with E-state index in [0.29, 0.717) is 6.42 Å². The monoisotopic (exact) mass is 230 g/mol. The van der Waals surface area contributed by atoms with Crippen molar-refractivity contribution >= 4 is 6.03 Å².